The van der Waals surface area contributed by atoms with Crippen molar-refractivity contribution in [3.63, 3.8) is 0 Å². The van der Waals surface area contributed by atoms with Crippen LogP contribution in [0.4, 0.5) is 0 Å². The van der Waals surface area contributed by atoms with E-state index in [4.69, 9.17) is 32.7 Å². The van der Waals surface area contributed by atoms with Crippen LogP contribution in [0.3, 0.4) is 0 Å². The van der Waals surface area contributed by atoms with E-state index in [0.29, 0.717) is 35.5 Å². The van der Waals surface area contributed by atoms with E-state index < -0.39 is 0 Å². The lowest BCUT2D eigenvalue weighted by Gasteiger charge is -2.24. The molecule has 0 aliphatic heterocycles. The Hall–Kier alpha value is -1.46. The molecule has 1 amide bonds. The third-order valence-corrected chi connectivity index (χ3v) is 3.60. The van der Waals surface area contributed by atoms with Crippen LogP contribution in [-0.2, 0) is 14.3 Å². The number of hydrogen-bond donors (Lipinski definition) is 0. The maximum absolute atomic E-state index is 12.4. The van der Waals surface area contributed by atoms with Gasteiger partial charge in [-0.05, 0) is 31.0 Å². The highest BCUT2D eigenvalue weighted by molar-refractivity contribution is 6.35. The lowest BCUT2D eigenvalue weighted by atomic mass is 10.2. The van der Waals surface area contributed by atoms with Crippen molar-refractivity contribution in [1.82, 2.24) is 4.90 Å². The van der Waals surface area contributed by atoms with Crippen LogP contribution in [-0.4, -0.2) is 43.1 Å². The van der Waals surface area contributed by atoms with Crippen LogP contribution in [0.2, 0.25) is 10.0 Å². The number of carbonyl (C=O) groups is 2. The zero-order valence-electron chi connectivity index (χ0n) is 14.2. The van der Waals surface area contributed by atoms with E-state index in [-0.39, 0.29) is 30.8 Å². The molecule has 0 heterocycles. The second-order valence-corrected chi connectivity index (χ2v) is 6.50. The molecule has 24 heavy (non-hydrogen) atoms. The average Bonchev–Trinajstić information content (AvgIpc) is 2.50. The molecule has 0 aliphatic carbocycles. The average molecular weight is 376 g/mol. The molecule has 0 spiro atoms. The Balaban J connectivity index is 2.61. The van der Waals surface area contributed by atoms with Gasteiger partial charge in [0.05, 0.1) is 18.1 Å². The minimum absolute atomic E-state index is 0.156. The van der Waals surface area contributed by atoms with Crippen molar-refractivity contribution >= 4 is 35.1 Å². The minimum atomic E-state index is -0.319. The highest BCUT2D eigenvalue weighted by Gasteiger charge is 2.18. The Labute approximate surface area is 152 Å². The van der Waals surface area contributed by atoms with E-state index in [1.54, 1.807) is 30.0 Å². The molecule has 0 saturated heterocycles. The second kappa shape index (κ2) is 10.4. The molecule has 1 aromatic carbocycles. The molecule has 0 bridgehead atoms. The summed E-state index contributed by atoms with van der Waals surface area (Å²) in [6.07, 6.45) is 0.161. The van der Waals surface area contributed by atoms with Crippen LogP contribution in [0.15, 0.2) is 18.2 Å². The highest BCUT2D eigenvalue weighted by Crippen LogP contribution is 2.27. The lowest BCUT2D eigenvalue weighted by molar-refractivity contribution is -0.144. The van der Waals surface area contributed by atoms with Gasteiger partial charge in [0, 0.05) is 18.1 Å². The predicted octanol–water partition coefficient (Wildman–Crippen LogP) is 3.81. The van der Waals surface area contributed by atoms with Gasteiger partial charge in [0.2, 0.25) is 0 Å². The summed E-state index contributed by atoms with van der Waals surface area (Å²) in [5.41, 5.74) is 0. The molecule has 7 heteroatoms. The van der Waals surface area contributed by atoms with Gasteiger partial charge in [-0.25, -0.2) is 0 Å². The van der Waals surface area contributed by atoms with Crippen LogP contribution in [0.1, 0.15) is 27.2 Å². The van der Waals surface area contributed by atoms with E-state index in [2.05, 4.69) is 0 Å². The number of esters is 1. The van der Waals surface area contributed by atoms with Gasteiger partial charge in [0.25, 0.3) is 5.91 Å². The fraction of sp³-hybridized carbons (Fsp3) is 0.529. The van der Waals surface area contributed by atoms with Gasteiger partial charge in [-0.1, -0.05) is 37.0 Å². The topological polar surface area (TPSA) is 55.8 Å². The van der Waals surface area contributed by atoms with Crippen LogP contribution in [0, 0.1) is 5.92 Å². The van der Waals surface area contributed by atoms with Crippen molar-refractivity contribution in [3.05, 3.63) is 28.2 Å². The van der Waals surface area contributed by atoms with Crippen LogP contribution >= 0.6 is 23.2 Å². The van der Waals surface area contributed by atoms with E-state index in [9.17, 15) is 9.59 Å². The summed E-state index contributed by atoms with van der Waals surface area (Å²) in [4.78, 5) is 25.5. The van der Waals surface area contributed by atoms with E-state index in [1.165, 1.54) is 0 Å². The normalized spacial score (nSPS) is 10.6. The second-order valence-electron chi connectivity index (χ2n) is 5.65. The van der Waals surface area contributed by atoms with E-state index in [0.717, 1.165) is 0 Å². The van der Waals surface area contributed by atoms with E-state index in [1.807, 2.05) is 13.8 Å². The molecule has 5 nitrogen and oxygen atoms in total. The number of rotatable bonds is 9. The third kappa shape index (κ3) is 7.41. The van der Waals surface area contributed by atoms with Crippen molar-refractivity contribution < 1.29 is 19.1 Å². The summed E-state index contributed by atoms with van der Waals surface area (Å²) in [7, 11) is 0. The Bertz CT molecular complexity index is 564. The van der Waals surface area contributed by atoms with Crippen LogP contribution < -0.4 is 4.74 Å². The summed E-state index contributed by atoms with van der Waals surface area (Å²) in [5.74, 6) is 0.138. The zero-order chi connectivity index (χ0) is 18.1. The highest BCUT2D eigenvalue weighted by atomic mass is 35.5. The fourth-order valence-corrected chi connectivity index (χ4v) is 2.50. The Morgan fingerprint density at radius 3 is 2.54 bits per heavy atom. The van der Waals surface area contributed by atoms with Crippen molar-refractivity contribution in [2.75, 3.05) is 26.3 Å². The molecule has 0 aliphatic rings. The van der Waals surface area contributed by atoms with Gasteiger partial charge in [-0.2, -0.15) is 0 Å². The molecule has 0 saturated carbocycles. The van der Waals surface area contributed by atoms with Gasteiger partial charge in [0.15, 0.2) is 6.61 Å². The molecule has 1 aromatic rings. The first-order chi connectivity index (χ1) is 11.3. The maximum Gasteiger partial charge on any atom is 0.307 e. The smallest absolute Gasteiger partial charge is 0.307 e. The van der Waals surface area contributed by atoms with Crippen molar-refractivity contribution in [3.8, 4) is 5.75 Å². The summed E-state index contributed by atoms with van der Waals surface area (Å²) in [5, 5.41) is 0.840. The summed E-state index contributed by atoms with van der Waals surface area (Å²) < 4.78 is 10.4. The van der Waals surface area contributed by atoms with Crippen LogP contribution in [0.25, 0.3) is 0 Å². The van der Waals surface area contributed by atoms with Crippen molar-refractivity contribution in [2.45, 2.75) is 27.2 Å². The number of hydrogen-bond acceptors (Lipinski definition) is 4. The molecule has 134 valence electrons. The predicted molar refractivity (Wildman–Crippen MR) is 94.6 cm³/mol. The van der Waals surface area contributed by atoms with Gasteiger partial charge in [0.1, 0.15) is 5.75 Å². The number of benzene rings is 1. The summed E-state index contributed by atoms with van der Waals surface area (Å²) >= 11 is 11.8. The zero-order valence-corrected chi connectivity index (χ0v) is 15.7. The fourth-order valence-electron chi connectivity index (χ4n) is 2.04. The number of ether oxygens (including phenoxy) is 2. The first-order valence-electron chi connectivity index (χ1n) is 7.84. The lowest BCUT2D eigenvalue weighted by Crippen LogP contribution is -2.39. The molecule has 1 rings (SSSR count). The monoisotopic (exact) mass is 375 g/mol. The quantitative estimate of drug-likeness (QED) is 0.615. The van der Waals surface area contributed by atoms with Gasteiger partial charge in [-0.3, -0.25) is 9.59 Å². The van der Waals surface area contributed by atoms with Crippen molar-refractivity contribution in [2.24, 2.45) is 5.92 Å². The molecule has 0 N–H and O–H groups in total. The minimum Gasteiger partial charge on any atom is -0.482 e. The molecule has 0 aromatic heterocycles. The Kier molecular flexibility index (Phi) is 8.93. The number of amides is 1. The standard InChI is InChI=1S/C17H23Cl2NO4/c1-4-23-17(22)7-8-20(10-12(2)3)16(21)11-24-15-6-5-13(18)9-14(15)19/h5-6,9,12H,4,7-8,10-11H2,1-3H3. The number of nitrogens with zero attached hydrogens (tertiary/aromatic N) is 1. The number of carbonyl (C=O) groups excluding carboxylic acids is 2. The SMILES string of the molecule is CCOC(=O)CCN(CC(C)C)C(=O)COc1ccc(Cl)cc1Cl. The van der Waals surface area contributed by atoms with Crippen LogP contribution in [0.5, 0.6) is 5.75 Å². The molecular weight excluding hydrogens is 353 g/mol. The molecule has 0 fully saturated rings. The Morgan fingerprint density at radius 1 is 1.25 bits per heavy atom. The molecule has 0 radical (unpaired) electrons. The maximum atomic E-state index is 12.4. The Morgan fingerprint density at radius 2 is 1.96 bits per heavy atom. The molecular formula is C17H23Cl2NO4. The first-order valence-corrected chi connectivity index (χ1v) is 8.60. The molecule has 0 atom stereocenters. The summed E-state index contributed by atoms with van der Waals surface area (Å²) in [6, 6.07) is 4.80. The van der Waals surface area contributed by atoms with Gasteiger partial charge < -0.3 is 14.4 Å². The third-order valence-electron chi connectivity index (χ3n) is 3.07. The van der Waals surface area contributed by atoms with E-state index >= 15 is 0 Å². The van der Waals surface area contributed by atoms with Gasteiger partial charge in [-0.15, -0.1) is 0 Å². The number of halogens is 2. The molecule has 0 unspecified atom stereocenters. The van der Waals surface area contributed by atoms with Gasteiger partial charge >= 0.3 is 5.97 Å². The first kappa shape index (κ1) is 20.6. The largest absolute Gasteiger partial charge is 0.482 e. The van der Waals surface area contributed by atoms with Crippen molar-refractivity contribution in [1.29, 1.82) is 0 Å². The summed E-state index contributed by atoms with van der Waals surface area (Å²) in [6.45, 7) is 6.76.